The van der Waals surface area contributed by atoms with Gasteiger partial charge in [0.1, 0.15) is 5.71 Å². The molecule has 0 rings (SSSR count). The Bertz CT molecular complexity index is 152. The highest BCUT2D eigenvalue weighted by atomic mass is 16.5. The van der Waals surface area contributed by atoms with Gasteiger partial charge >= 0.3 is 5.97 Å². The van der Waals surface area contributed by atoms with Gasteiger partial charge in [-0.05, 0) is 6.42 Å². The number of carbonyl (C=O) groups excluding carboxylic acids is 1. The van der Waals surface area contributed by atoms with E-state index in [2.05, 4.69) is 11.3 Å². The third kappa shape index (κ3) is 3.02. The summed E-state index contributed by atoms with van der Waals surface area (Å²) < 4.78 is 4.36. The molecular formula is C7H11NO2. The van der Waals surface area contributed by atoms with Crippen LogP contribution in [0.15, 0.2) is 12.8 Å². The highest BCUT2D eigenvalue weighted by Crippen LogP contribution is 1.92. The maximum Gasteiger partial charge on any atom is 0.356 e. The topological polar surface area (TPSA) is 50.2 Å². The van der Waals surface area contributed by atoms with E-state index in [4.69, 9.17) is 5.41 Å². The SMILES string of the molecule is C=COC(=O)C(=N)CCC. The predicted molar refractivity (Wildman–Crippen MR) is 38.9 cm³/mol. The molecule has 0 atom stereocenters. The molecule has 3 nitrogen and oxygen atoms in total. The molecule has 0 aromatic rings. The van der Waals surface area contributed by atoms with Crippen molar-refractivity contribution in [1.82, 2.24) is 0 Å². The quantitative estimate of drug-likeness (QED) is 0.366. The van der Waals surface area contributed by atoms with Crippen molar-refractivity contribution >= 4 is 11.7 Å². The van der Waals surface area contributed by atoms with Crippen LogP contribution in [0.3, 0.4) is 0 Å². The fraction of sp³-hybridized carbons (Fsp3) is 0.429. The highest BCUT2D eigenvalue weighted by Gasteiger charge is 2.06. The van der Waals surface area contributed by atoms with Gasteiger partial charge in [0.25, 0.3) is 0 Å². The number of hydrogen-bond donors (Lipinski definition) is 1. The lowest BCUT2D eigenvalue weighted by molar-refractivity contribution is -0.130. The molecule has 0 heterocycles. The summed E-state index contributed by atoms with van der Waals surface area (Å²) in [6.07, 6.45) is 2.28. The molecule has 0 aliphatic rings. The molecule has 0 bridgehead atoms. The van der Waals surface area contributed by atoms with Crippen LogP contribution >= 0.6 is 0 Å². The van der Waals surface area contributed by atoms with Gasteiger partial charge in [-0.15, -0.1) is 0 Å². The number of rotatable bonds is 4. The van der Waals surface area contributed by atoms with E-state index in [1.165, 1.54) is 0 Å². The second-order valence-electron chi connectivity index (χ2n) is 1.80. The first kappa shape index (κ1) is 8.88. The molecule has 0 aromatic carbocycles. The van der Waals surface area contributed by atoms with E-state index in [-0.39, 0.29) is 5.71 Å². The molecule has 56 valence electrons. The zero-order valence-corrected chi connectivity index (χ0v) is 6.02. The van der Waals surface area contributed by atoms with Gasteiger partial charge in [0.2, 0.25) is 0 Å². The standard InChI is InChI=1S/C7H11NO2/c1-3-5-6(8)7(9)10-4-2/h4,8H,2-3,5H2,1H3. The summed E-state index contributed by atoms with van der Waals surface area (Å²) in [5, 5.41) is 7.08. The van der Waals surface area contributed by atoms with Gasteiger partial charge < -0.3 is 4.74 Å². The van der Waals surface area contributed by atoms with Gasteiger partial charge in [-0.1, -0.05) is 19.9 Å². The summed E-state index contributed by atoms with van der Waals surface area (Å²) >= 11 is 0. The molecule has 0 unspecified atom stereocenters. The van der Waals surface area contributed by atoms with Gasteiger partial charge in [0.05, 0.1) is 6.26 Å². The van der Waals surface area contributed by atoms with E-state index in [1.807, 2.05) is 6.92 Å². The summed E-state index contributed by atoms with van der Waals surface area (Å²) in [7, 11) is 0. The molecule has 0 spiro atoms. The molecule has 0 saturated carbocycles. The molecule has 0 radical (unpaired) electrons. The molecule has 0 amide bonds. The van der Waals surface area contributed by atoms with E-state index in [1.54, 1.807) is 0 Å². The van der Waals surface area contributed by atoms with Crippen molar-refractivity contribution in [2.45, 2.75) is 19.8 Å². The predicted octanol–water partition coefficient (Wildman–Crippen LogP) is 1.49. The largest absolute Gasteiger partial charge is 0.431 e. The molecule has 10 heavy (non-hydrogen) atoms. The third-order valence-corrected chi connectivity index (χ3v) is 0.937. The molecule has 0 fully saturated rings. The van der Waals surface area contributed by atoms with Gasteiger partial charge in [-0.25, -0.2) is 4.79 Å². The van der Waals surface area contributed by atoms with Crippen molar-refractivity contribution < 1.29 is 9.53 Å². The molecule has 3 heteroatoms. The Morgan fingerprint density at radius 1 is 1.80 bits per heavy atom. The van der Waals surface area contributed by atoms with Crippen LogP contribution in [0.25, 0.3) is 0 Å². The minimum atomic E-state index is -0.600. The van der Waals surface area contributed by atoms with Crippen LogP contribution in [0.1, 0.15) is 19.8 Å². The Kier molecular flexibility index (Phi) is 4.20. The van der Waals surface area contributed by atoms with E-state index in [9.17, 15) is 4.79 Å². The van der Waals surface area contributed by atoms with Crippen molar-refractivity contribution in [2.75, 3.05) is 0 Å². The summed E-state index contributed by atoms with van der Waals surface area (Å²) in [6, 6.07) is 0. The van der Waals surface area contributed by atoms with Gasteiger partial charge in [-0.3, -0.25) is 5.41 Å². The summed E-state index contributed by atoms with van der Waals surface area (Å²) in [5.74, 6) is -0.600. The zero-order valence-electron chi connectivity index (χ0n) is 6.02. The van der Waals surface area contributed by atoms with Crippen LogP contribution < -0.4 is 0 Å². The number of nitrogens with one attached hydrogen (secondary N) is 1. The molecule has 0 saturated heterocycles. The monoisotopic (exact) mass is 141 g/mol. The lowest BCUT2D eigenvalue weighted by Crippen LogP contribution is -2.13. The second-order valence-corrected chi connectivity index (χ2v) is 1.80. The van der Waals surface area contributed by atoms with Crippen LogP contribution in [0.4, 0.5) is 0 Å². The fourth-order valence-corrected chi connectivity index (χ4v) is 0.499. The van der Waals surface area contributed by atoms with Gasteiger partial charge in [-0.2, -0.15) is 0 Å². The van der Waals surface area contributed by atoms with Crippen molar-refractivity contribution in [2.24, 2.45) is 0 Å². The summed E-state index contributed by atoms with van der Waals surface area (Å²) in [6.45, 7) is 5.10. The van der Waals surface area contributed by atoms with Crippen molar-refractivity contribution in [3.8, 4) is 0 Å². The Hall–Kier alpha value is -1.12. The smallest absolute Gasteiger partial charge is 0.356 e. The zero-order chi connectivity index (χ0) is 7.98. The normalized spacial score (nSPS) is 8.50. The number of esters is 1. The highest BCUT2D eigenvalue weighted by molar-refractivity contribution is 6.35. The Labute approximate surface area is 60.2 Å². The average molecular weight is 141 g/mol. The first-order chi connectivity index (χ1) is 4.72. The Balaban J connectivity index is 3.70. The molecule has 1 N–H and O–H groups in total. The maximum atomic E-state index is 10.6. The maximum absolute atomic E-state index is 10.6. The van der Waals surface area contributed by atoms with Crippen molar-refractivity contribution in [1.29, 1.82) is 5.41 Å². The first-order valence-corrected chi connectivity index (χ1v) is 3.11. The minimum Gasteiger partial charge on any atom is -0.431 e. The van der Waals surface area contributed by atoms with Crippen LogP contribution in [0.5, 0.6) is 0 Å². The van der Waals surface area contributed by atoms with E-state index < -0.39 is 5.97 Å². The second kappa shape index (κ2) is 4.73. The van der Waals surface area contributed by atoms with Crippen LogP contribution in [-0.2, 0) is 9.53 Å². The molecule has 0 aliphatic carbocycles. The average Bonchev–Trinajstić information content (AvgIpc) is 1.89. The third-order valence-electron chi connectivity index (χ3n) is 0.937. The summed E-state index contributed by atoms with van der Waals surface area (Å²) in [4.78, 5) is 10.6. The van der Waals surface area contributed by atoms with Gasteiger partial charge in [0, 0.05) is 0 Å². The fourth-order valence-electron chi connectivity index (χ4n) is 0.499. The number of hydrogen-bond acceptors (Lipinski definition) is 3. The lowest BCUT2D eigenvalue weighted by Gasteiger charge is -1.97. The molecule has 0 aromatic heterocycles. The molecule has 0 aliphatic heterocycles. The lowest BCUT2D eigenvalue weighted by atomic mass is 10.2. The first-order valence-electron chi connectivity index (χ1n) is 3.11. The van der Waals surface area contributed by atoms with Crippen LogP contribution in [0, 0.1) is 5.41 Å². The minimum absolute atomic E-state index is 0.00222. The van der Waals surface area contributed by atoms with E-state index in [0.717, 1.165) is 12.7 Å². The van der Waals surface area contributed by atoms with Crippen molar-refractivity contribution in [3.63, 3.8) is 0 Å². The number of carbonyl (C=O) groups is 1. The van der Waals surface area contributed by atoms with Gasteiger partial charge in [0.15, 0.2) is 0 Å². The van der Waals surface area contributed by atoms with Crippen LogP contribution in [-0.4, -0.2) is 11.7 Å². The van der Waals surface area contributed by atoms with Crippen LogP contribution in [0.2, 0.25) is 0 Å². The van der Waals surface area contributed by atoms with E-state index in [0.29, 0.717) is 6.42 Å². The van der Waals surface area contributed by atoms with E-state index >= 15 is 0 Å². The Morgan fingerprint density at radius 2 is 2.40 bits per heavy atom. The summed E-state index contributed by atoms with van der Waals surface area (Å²) in [5.41, 5.74) is 0.00222. The molecular weight excluding hydrogens is 130 g/mol. The Morgan fingerprint density at radius 3 is 2.80 bits per heavy atom. The van der Waals surface area contributed by atoms with Crippen molar-refractivity contribution in [3.05, 3.63) is 12.8 Å². The number of ether oxygens (including phenoxy) is 1.